The van der Waals surface area contributed by atoms with Gasteiger partial charge < -0.3 is 4.90 Å². The highest BCUT2D eigenvalue weighted by molar-refractivity contribution is 5.46. The molecule has 0 rings (SSSR count). The van der Waals surface area contributed by atoms with E-state index in [0.29, 0.717) is 0 Å². The van der Waals surface area contributed by atoms with Crippen LogP contribution in [-0.4, -0.2) is 24.9 Å². The highest BCUT2D eigenvalue weighted by Crippen LogP contribution is 2.11. The van der Waals surface area contributed by atoms with Gasteiger partial charge >= 0.3 is 0 Å². The molecule has 124 valence electrons. The minimum Gasteiger partial charge on any atom is -0.348 e. The van der Waals surface area contributed by atoms with Gasteiger partial charge in [-0.25, -0.2) is 0 Å². The number of nitrogens with zero attached hydrogens (tertiary/aromatic N) is 1. The summed E-state index contributed by atoms with van der Waals surface area (Å²) in [5, 5.41) is 0. The van der Waals surface area contributed by atoms with Crippen LogP contribution < -0.4 is 0 Å². The van der Waals surface area contributed by atoms with E-state index in [2.05, 4.69) is 13.8 Å². The average Bonchev–Trinajstić information content (AvgIpc) is 2.49. The van der Waals surface area contributed by atoms with Gasteiger partial charge in [0.05, 0.1) is 0 Å². The molecule has 2 nitrogen and oxygen atoms in total. The molecule has 0 radical (unpaired) electrons. The zero-order valence-corrected chi connectivity index (χ0v) is 15.4. The predicted molar refractivity (Wildman–Crippen MR) is 93.2 cm³/mol. The molecule has 0 fully saturated rings. The Labute approximate surface area is 129 Å². The lowest BCUT2D eigenvalue weighted by molar-refractivity contribution is -0.117. The normalized spacial score (nSPS) is 9.20. The van der Waals surface area contributed by atoms with E-state index in [-0.39, 0.29) is 0 Å². The summed E-state index contributed by atoms with van der Waals surface area (Å²) in [6.07, 6.45) is 11.6. The average molecular weight is 288 g/mol. The molecule has 0 spiro atoms. The van der Waals surface area contributed by atoms with Crippen LogP contribution in [0.3, 0.4) is 0 Å². The molecule has 0 aliphatic rings. The lowest BCUT2D eigenvalue weighted by atomic mass is 10.0. The second kappa shape index (κ2) is 23.6. The summed E-state index contributed by atoms with van der Waals surface area (Å²) in [5.74, 6) is 0.860. The van der Waals surface area contributed by atoms with Crippen LogP contribution in [-0.2, 0) is 4.79 Å². The molecule has 0 aromatic carbocycles. The highest BCUT2D eigenvalue weighted by Gasteiger charge is 1.96. The number of hydrogen-bond acceptors (Lipinski definition) is 1. The topological polar surface area (TPSA) is 20.3 Å². The standard InChI is InChI=1S/C14H29NO.2C2H6/c1-14(2)11-9-7-5-4-6-8-10-12-15(3)13-16;2*1-2/h13-14H,4-12H2,1-3H3;2*1-2H3. The van der Waals surface area contributed by atoms with Gasteiger partial charge in [-0.05, 0) is 12.3 Å². The van der Waals surface area contributed by atoms with E-state index in [0.717, 1.165) is 25.3 Å². The fourth-order valence-corrected chi connectivity index (χ4v) is 1.85. The number of amides is 1. The van der Waals surface area contributed by atoms with Crippen molar-refractivity contribution in [1.82, 2.24) is 4.90 Å². The van der Waals surface area contributed by atoms with Crippen molar-refractivity contribution in [2.24, 2.45) is 5.92 Å². The Bertz CT molecular complexity index is 157. The second-order valence-corrected chi connectivity index (χ2v) is 5.24. The van der Waals surface area contributed by atoms with Gasteiger partial charge in [-0.2, -0.15) is 0 Å². The lowest BCUT2D eigenvalue weighted by Gasteiger charge is -2.09. The molecule has 2 heteroatoms. The van der Waals surface area contributed by atoms with E-state index in [1.54, 1.807) is 4.90 Å². The first-order chi connectivity index (χ1) is 9.66. The third-order valence-electron chi connectivity index (χ3n) is 2.97. The Balaban J connectivity index is -0.000000656. The van der Waals surface area contributed by atoms with Gasteiger partial charge in [0.15, 0.2) is 0 Å². The minimum absolute atomic E-state index is 0.860. The van der Waals surface area contributed by atoms with Crippen LogP contribution in [0.1, 0.15) is 92.9 Å². The maximum Gasteiger partial charge on any atom is 0.209 e. The fraction of sp³-hybridized carbons (Fsp3) is 0.944. The zero-order valence-electron chi connectivity index (χ0n) is 15.4. The first-order valence-corrected chi connectivity index (χ1v) is 8.82. The minimum atomic E-state index is 0.860. The molecule has 1 amide bonds. The van der Waals surface area contributed by atoms with Crippen molar-refractivity contribution in [3.63, 3.8) is 0 Å². The van der Waals surface area contributed by atoms with Crippen LogP contribution >= 0.6 is 0 Å². The van der Waals surface area contributed by atoms with E-state index < -0.39 is 0 Å². The van der Waals surface area contributed by atoms with Crippen molar-refractivity contribution >= 4 is 6.41 Å². The van der Waals surface area contributed by atoms with Gasteiger partial charge in [0.25, 0.3) is 0 Å². The van der Waals surface area contributed by atoms with E-state index >= 15 is 0 Å². The van der Waals surface area contributed by atoms with Gasteiger partial charge in [-0.1, -0.05) is 86.5 Å². The Morgan fingerprint density at radius 3 is 1.60 bits per heavy atom. The summed E-state index contributed by atoms with van der Waals surface area (Å²) in [6, 6.07) is 0. The molecule has 0 aliphatic carbocycles. The maximum absolute atomic E-state index is 10.3. The van der Waals surface area contributed by atoms with Crippen LogP contribution in [0.5, 0.6) is 0 Å². The second-order valence-electron chi connectivity index (χ2n) is 5.24. The molecule has 0 aromatic heterocycles. The summed E-state index contributed by atoms with van der Waals surface area (Å²) in [6.45, 7) is 13.5. The van der Waals surface area contributed by atoms with Crippen molar-refractivity contribution in [3.05, 3.63) is 0 Å². The molecule has 0 heterocycles. The van der Waals surface area contributed by atoms with Crippen molar-refractivity contribution < 1.29 is 4.79 Å². The van der Waals surface area contributed by atoms with E-state index in [1.165, 1.54) is 44.9 Å². The summed E-state index contributed by atoms with van der Waals surface area (Å²) >= 11 is 0. The van der Waals surface area contributed by atoms with Crippen LogP contribution in [0.4, 0.5) is 0 Å². The predicted octanol–water partition coefficient (Wildman–Crippen LogP) is 5.90. The van der Waals surface area contributed by atoms with Crippen LogP contribution in [0.25, 0.3) is 0 Å². The molecular weight excluding hydrogens is 246 g/mol. The SMILES string of the molecule is CC.CC.CC(C)CCCCCCCCCN(C)C=O. The molecule has 0 unspecified atom stereocenters. The Hall–Kier alpha value is -0.530. The molecule has 0 aromatic rings. The Morgan fingerprint density at radius 2 is 1.20 bits per heavy atom. The molecule has 0 atom stereocenters. The quantitative estimate of drug-likeness (QED) is 0.342. The van der Waals surface area contributed by atoms with Crippen LogP contribution in [0.15, 0.2) is 0 Å². The molecule has 0 saturated heterocycles. The summed E-state index contributed by atoms with van der Waals surface area (Å²) in [4.78, 5) is 12.0. The summed E-state index contributed by atoms with van der Waals surface area (Å²) < 4.78 is 0. The maximum atomic E-state index is 10.3. The monoisotopic (exact) mass is 287 g/mol. The van der Waals surface area contributed by atoms with E-state index in [9.17, 15) is 4.79 Å². The molecule has 0 saturated carbocycles. The van der Waals surface area contributed by atoms with Crippen LogP contribution in [0, 0.1) is 5.92 Å². The summed E-state index contributed by atoms with van der Waals surface area (Å²) in [5.41, 5.74) is 0. The fourth-order valence-electron chi connectivity index (χ4n) is 1.85. The first kappa shape index (κ1) is 24.5. The third-order valence-corrected chi connectivity index (χ3v) is 2.97. The lowest BCUT2D eigenvalue weighted by Crippen LogP contribution is -2.16. The van der Waals surface area contributed by atoms with Crippen molar-refractivity contribution in [1.29, 1.82) is 0 Å². The number of carbonyl (C=O) groups is 1. The third kappa shape index (κ3) is 26.1. The number of hydrogen-bond donors (Lipinski definition) is 0. The highest BCUT2D eigenvalue weighted by atomic mass is 16.1. The zero-order chi connectivity index (χ0) is 16.2. The van der Waals surface area contributed by atoms with Gasteiger partial charge in [0.2, 0.25) is 6.41 Å². The van der Waals surface area contributed by atoms with E-state index in [4.69, 9.17) is 0 Å². The molecule has 0 N–H and O–H groups in total. The molecular formula is C18H41NO. The Morgan fingerprint density at radius 1 is 0.800 bits per heavy atom. The largest absolute Gasteiger partial charge is 0.348 e. The Kier molecular flexibility index (Phi) is 28.8. The van der Waals surface area contributed by atoms with Gasteiger partial charge in [0, 0.05) is 13.6 Å². The molecule has 0 bridgehead atoms. The summed E-state index contributed by atoms with van der Waals surface area (Å²) in [7, 11) is 1.85. The van der Waals surface area contributed by atoms with Crippen molar-refractivity contribution in [2.45, 2.75) is 92.9 Å². The van der Waals surface area contributed by atoms with Gasteiger partial charge in [-0.3, -0.25) is 4.79 Å². The first-order valence-electron chi connectivity index (χ1n) is 8.82. The van der Waals surface area contributed by atoms with Crippen molar-refractivity contribution in [3.8, 4) is 0 Å². The number of carbonyl (C=O) groups excluding carboxylic acids is 1. The smallest absolute Gasteiger partial charge is 0.209 e. The number of rotatable bonds is 11. The van der Waals surface area contributed by atoms with Gasteiger partial charge in [-0.15, -0.1) is 0 Å². The van der Waals surface area contributed by atoms with E-state index in [1.807, 2.05) is 34.7 Å². The number of unbranched alkanes of at least 4 members (excludes halogenated alkanes) is 6. The molecule has 0 aliphatic heterocycles. The molecule has 20 heavy (non-hydrogen) atoms. The van der Waals surface area contributed by atoms with Crippen LogP contribution in [0.2, 0.25) is 0 Å². The van der Waals surface area contributed by atoms with Crippen molar-refractivity contribution in [2.75, 3.05) is 13.6 Å². The van der Waals surface area contributed by atoms with Gasteiger partial charge in [0.1, 0.15) is 0 Å².